The molecule has 1 saturated heterocycles. The van der Waals surface area contributed by atoms with Crippen molar-refractivity contribution < 1.29 is 14.3 Å². The van der Waals surface area contributed by atoms with Crippen molar-refractivity contribution in [2.24, 2.45) is 0 Å². The first-order valence-electron chi connectivity index (χ1n) is 10.8. The zero-order valence-corrected chi connectivity index (χ0v) is 17.7. The van der Waals surface area contributed by atoms with Gasteiger partial charge >= 0.3 is 6.03 Å². The molecular formula is C24H31N3O3. The van der Waals surface area contributed by atoms with Crippen LogP contribution in [0.2, 0.25) is 0 Å². The second kappa shape index (κ2) is 9.85. The number of rotatable bonds is 5. The van der Waals surface area contributed by atoms with Crippen LogP contribution in [-0.4, -0.2) is 49.2 Å². The van der Waals surface area contributed by atoms with Crippen LogP contribution in [-0.2, 0) is 19.6 Å². The van der Waals surface area contributed by atoms with Gasteiger partial charge in [-0.05, 0) is 61.3 Å². The van der Waals surface area contributed by atoms with Crippen molar-refractivity contribution in [2.45, 2.75) is 38.9 Å². The summed E-state index contributed by atoms with van der Waals surface area (Å²) in [6, 6.07) is 14.1. The molecule has 0 bridgehead atoms. The minimum Gasteiger partial charge on any atom is -0.497 e. The van der Waals surface area contributed by atoms with Crippen molar-refractivity contribution in [1.82, 2.24) is 15.1 Å². The van der Waals surface area contributed by atoms with E-state index in [1.165, 1.54) is 37.9 Å². The molecule has 2 amide bonds. The summed E-state index contributed by atoms with van der Waals surface area (Å²) < 4.78 is 11.1. The highest BCUT2D eigenvalue weighted by molar-refractivity contribution is 5.74. The summed E-state index contributed by atoms with van der Waals surface area (Å²) in [6.45, 7) is 5.45. The van der Waals surface area contributed by atoms with Gasteiger partial charge in [0, 0.05) is 18.7 Å². The number of carbonyl (C=O) groups is 1. The number of piperidine rings is 1. The summed E-state index contributed by atoms with van der Waals surface area (Å²) in [5.74, 6) is 1.70. The van der Waals surface area contributed by atoms with Gasteiger partial charge in [-0.3, -0.25) is 4.90 Å². The third-order valence-electron chi connectivity index (χ3n) is 5.85. The molecule has 0 saturated carbocycles. The number of nitrogens with zero attached hydrogens (tertiary/aromatic N) is 2. The number of hydrogen-bond donors (Lipinski definition) is 1. The van der Waals surface area contributed by atoms with Crippen LogP contribution in [0.15, 0.2) is 42.5 Å². The second-order valence-corrected chi connectivity index (χ2v) is 8.06. The average molecular weight is 410 g/mol. The number of benzene rings is 2. The SMILES string of the molecule is COc1ccc(CNC(=O)N2CCOc3ccc(CN4CCCCC4)cc3C2)cc1. The fraction of sp³-hybridized carbons (Fsp3) is 0.458. The molecule has 0 unspecified atom stereocenters. The third kappa shape index (κ3) is 5.25. The van der Waals surface area contributed by atoms with Gasteiger partial charge in [-0.15, -0.1) is 0 Å². The molecule has 1 fully saturated rings. The van der Waals surface area contributed by atoms with Crippen LogP contribution in [0.5, 0.6) is 11.5 Å². The van der Waals surface area contributed by atoms with Gasteiger partial charge in [0.2, 0.25) is 0 Å². The lowest BCUT2D eigenvalue weighted by Crippen LogP contribution is -2.40. The van der Waals surface area contributed by atoms with Crippen molar-refractivity contribution in [2.75, 3.05) is 33.4 Å². The highest BCUT2D eigenvalue weighted by Gasteiger charge is 2.20. The lowest BCUT2D eigenvalue weighted by molar-refractivity contribution is 0.187. The smallest absolute Gasteiger partial charge is 0.318 e. The number of urea groups is 1. The number of nitrogens with one attached hydrogen (secondary N) is 1. The largest absolute Gasteiger partial charge is 0.497 e. The monoisotopic (exact) mass is 409 g/mol. The Morgan fingerprint density at radius 3 is 2.57 bits per heavy atom. The van der Waals surface area contributed by atoms with Crippen LogP contribution in [0, 0.1) is 0 Å². The Morgan fingerprint density at radius 2 is 1.80 bits per heavy atom. The van der Waals surface area contributed by atoms with E-state index in [1.54, 1.807) is 7.11 Å². The Bertz CT molecular complexity index is 847. The number of methoxy groups -OCH3 is 1. The Balaban J connectivity index is 1.37. The van der Waals surface area contributed by atoms with E-state index in [1.807, 2.05) is 29.2 Å². The quantitative estimate of drug-likeness (QED) is 0.817. The molecular weight excluding hydrogens is 378 g/mol. The molecule has 0 atom stereocenters. The lowest BCUT2D eigenvalue weighted by atomic mass is 10.1. The molecule has 6 nitrogen and oxygen atoms in total. The molecule has 2 aromatic rings. The Hall–Kier alpha value is -2.73. The topological polar surface area (TPSA) is 54.0 Å². The van der Waals surface area contributed by atoms with Gasteiger partial charge in [0.1, 0.15) is 18.1 Å². The standard InChI is InChI=1S/C24H31N3O3/c1-29-22-8-5-19(6-9-22)16-25-24(28)27-13-14-30-23-10-7-20(15-21(23)18-27)17-26-11-3-2-4-12-26/h5-10,15H,2-4,11-14,16-18H2,1H3,(H,25,28). The molecule has 0 spiro atoms. The van der Waals surface area contributed by atoms with Crippen LogP contribution in [0.4, 0.5) is 4.79 Å². The van der Waals surface area contributed by atoms with E-state index in [9.17, 15) is 4.79 Å². The summed E-state index contributed by atoms with van der Waals surface area (Å²) in [4.78, 5) is 17.1. The van der Waals surface area contributed by atoms with Gasteiger partial charge in [0.25, 0.3) is 0 Å². The van der Waals surface area contributed by atoms with Crippen LogP contribution in [0.1, 0.15) is 36.0 Å². The lowest BCUT2D eigenvalue weighted by Gasteiger charge is -2.26. The van der Waals surface area contributed by atoms with Crippen molar-refractivity contribution in [3.05, 3.63) is 59.2 Å². The minimum absolute atomic E-state index is 0.0660. The van der Waals surface area contributed by atoms with E-state index in [2.05, 4.69) is 28.4 Å². The zero-order valence-electron chi connectivity index (χ0n) is 17.7. The first-order chi connectivity index (χ1) is 14.7. The van der Waals surface area contributed by atoms with Gasteiger partial charge < -0.3 is 19.7 Å². The van der Waals surface area contributed by atoms with Crippen molar-refractivity contribution in [1.29, 1.82) is 0 Å². The van der Waals surface area contributed by atoms with Crippen LogP contribution in [0.25, 0.3) is 0 Å². The van der Waals surface area contributed by atoms with Gasteiger partial charge in [0.05, 0.1) is 20.2 Å². The molecule has 160 valence electrons. The Morgan fingerprint density at radius 1 is 1.03 bits per heavy atom. The van der Waals surface area contributed by atoms with Gasteiger partial charge in [-0.2, -0.15) is 0 Å². The van der Waals surface area contributed by atoms with Crippen LogP contribution in [0.3, 0.4) is 0 Å². The highest BCUT2D eigenvalue weighted by atomic mass is 16.5. The molecule has 2 heterocycles. The van der Waals surface area contributed by atoms with Gasteiger partial charge in [0.15, 0.2) is 0 Å². The second-order valence-electron chi connectivity index (χ2n) is 8.06. The number of carbonyl (C=O) groups excluding carboxylic acids is 1. The van der Waals surface area contributed by atoms with Crippen molar-refractivity contribution in [3.63, 3.8) is 0 Å². The summed E-state index contributed by atoms with van der Waals surface area (Å²) in [7, 11) is 1.65. The fourth-order valence-corrected chi connectivity index (χ4v) is 4.13. The predicted octanol–water partition coefficient (Wildman–Crippen LogP) is 3.79. The maximum Gasteiger partial charge on any atom is 0.318 e. The molecule has 0 aromatic heterocycles. The molecule has 0 aliphatic carbocycles. The van der Waals surface area contributed by atoms with E-state index >= 15 is 0 Å². The van der Waals surface area contributed by atoms with E-state index in [0.29, 0.717) is 26.2 Å². The molecule has 6 heteroatoms. The predicted molar refractivity (Wildman–Crippen MR) is 117 cm³/mol. The Kier molecular flexibility index (Phi) is 6.74. The number of hydrogen-bond acceptors (Lipinski definition) is 4. The third-order valence-corrected chi connectivity index (χ3v) is 5.85. The first kappa shape index (κ1) is 20.5. The summed E-state index contributed by atoms with van der Waals surface area (Å²) in [5.41, 5.74) is 3.42. The zero-order chi connectivity index (χ0) is 20.8. The molecule has 30 heavy (non-hydrogen) atoms. The average Bonchev–Trinajstić information content (AvgIpc) is 3.00. The van der Waals surface area contributed by atoms with Crippen LogP contribution < -0.4 is 14.8 Å². The van der Waals surface area contributed by atoms with Crippen molar-refractivity contribution in [3.8, 4) is 11.5 Å². The summed E-state index contributed by atoms with van der Waals surface area (Å²) in [6.07, 6.45) is 3.92. The minimum atomic E-state index is -0.0660. The fourth-order valence-electron chi connectivity index (χ4n) is 4.13. The number of amides is 2. The maximum atomic E-state index is 12.8. The van der Waals surface area contributed by atoms with E-state index < -0.39 is 0 Å². The van der Waals surface area contributed by atoms with E-state index in [4.69, 9.17) is 9.47 Å². The molecule has 1 N–H and O–H groups in total. The normalized spacial score (nSPS) is 16.9. The number of ether oxygens (including phenoxy) is 2. The number of likely N-dealkylation sites (tertiary alicyclic amines) is 1. The van der Waals surface area contributed by atoms with Crippen LogP contribution >= 0.6 is 0 Å². The molecule has 2 aliphatic rings. The molecule has 4 rings (SSSR count). The Labute approximate surface area is 178 Å². The van der Waals surface area contributed by atoms with Crippen molar-refractivity contribution >= 4 is 6.03 Å². The summed E-state index contributed by atoms with van der Waals surface area (Å²) in [5, 5.41) is 3.03. The highest BCUT2D eigenvalue weighted by Crippen LogP contribution is 2.25. The van der Waals surface area contributed by atoms with Gasteiger partial charge in [-0.25, -0.2) is 4.79 Å². The number of fused-ring (bicyclic) bond motifs is 1. The van der Waals surface area contributed by atoms with E-state index in [-0.39, 0.29) is 6.03 Å². The summed E-state index contributed by atoms with van der Waals surface area (Å²) >= 11 is 0. The molecule has 2 aliphatic heterocycles. The van der Waals surface area contributed by atoms with Gasteiger partial charge in [-0.1, -0.05) is 24.6 Å². The maximum absolute atomic E-state index is 12.8. The molecule has 0 radical (unpaired) electrons. The first-order valence-corrected chi connectivity index (χ1v) is 10.8. The molecule has 2 aromatic carbocycles. The van der Waals surface area contributed by atoms with E-state index in [0.717, 1.165) is 29.2 Å².